The first-order chi connectivity index (χ1) is 18.9. The molecule has 0 radical (unpaired) electrons. The van der Waals surface area contributed by atoms with Crippen molar-refractivity contribution < 1.29 is 9.53 Å². The zero-order valence-corrected chi connectivity index (χ0v) is 22.5. The predicted molar refractivity (Wildman–Crippen MR) is 155 cm³/mol. The zero-order chi connectivity index (χ0) is 27.0. The molecule has 4 heterocycles. The number of benzene rings is 2. The molecule has 6 rings (SSSR count). The molecule has 2 fully saturated rings. The van der Waals surface area contributed by atoms with Crippen molar-refractivity contribution in [1.29, 1.82) is 0 Å². The maximum Gasteiger partial charge on any atom is 0.234 e. The van der Waals surface area contributed by atoms with Crippen molar-refractivity contribution in [1.82, 2.24) is 15.0 Å². The van der Waals surface area contributed by atoms with Gasteiger partial charge in [0.1, 0.15) is 17.8 Å². The van der Waals surface area contributed by atoms with Crippen LogP contribution in [0, 0.1) is 0 Å². The SMILES string of the molecule is CC(C)(C(=O)Nc1ccc(-c2cc3c(N4CCOCC4)ncnc3[nH]2)cc1)c1cccc(N2CC[C@H](N)C2)c1. The van der Waals surface area contributed by atoms with E-state index < -0.39 is 5.41 Å². The summed E-state index contributed by atoms with van der Waals surface area (Å²) < 4.78 is 5.49. The van der Waals surface area contributed by atoms with Crippen molar-refractivity contribution in [3.8, 4) is 11.3 Å². The zero-order valence-electron chi connectivity index (χ0n) is 22.5. The smallest absolute Gasteiger partial charge is 0.234 e. The maximum atomic E-state index is 13.4. The van der Waals surface area contributed by atoms with Crippen LogP contribution in [-0.2, 0) is 14.9 Å². The third-order valence-electron chi connectivity index (χ3n) is 7.89. The minimum atomic E-state index is -0.706. The van der Waals surface area contributed by atoms with E-state index in [-0.39, 0.29) is 11.9 Å². The topological polar surface area (TPSA) is 112 Å². The summed E-state index contributed by atoms with van der Waals surface area (Å²) in [7, 11) is 0. The highest BCUT2D eigenvalue weighted by atomic mass is 16.5. The molecule has 202 valence electrons. The fourth-order valence-corrected chi connectivity index (χ4v) is 5.37. The van der Waals surface area contributed by atoms with E-state index >= 15 is 0 Å². The highest BCUT2D eigenvalue weighted by molar-refractivity contribution is 5.99. The average Bonchev–Trinajstić information content (AvgIpc) is 3.60. The number of nitrogens with one attached hydrogen (secondary N) is 2. The minimum absolute atomic E-state index is 0.0541. The summed E-state index contributed by atoms with van der Waals surface area (Å²) in [6.45, 7) is 8.74. The lowest BCUT2D eigenvalue weighted by atomic mass is 9.83. The molecule has 0 saturated carbocycles. The van der Waals surface area contributed by atoms with Gasteiger partial charge in [-0.2, -0.15) is 0 Å². The second-order valence-corrected chi connectivity index (χ2v) is 10.9. The first-order valence-electron chi connectivity index (χ1n) is 13.6. The Kier molecular flexibility index (Phi) is 6.70. The lowest BCUT2D eigenvalue weighted by Gasteiger charge is -2.27. The molecular formula is C30H35N7O2. The van der Waals surface area contributed by atoms with E-state index in [0.717, 1.165) is 77.6 Å². The summed E-state index contributed by atoms with van der Waals surface area (Å²) >= 11 is 0. The largest absolute Gasteiger partial charge is 0.378 e. The number of H-pyrrole nitrogens is 1. The van der Waals surface area contributed by atoms with Crippen LogP contribution < -0.4 is 20.9 Å². The lowest BCUT2D eigenvalue weighted by Crippen LogP contribution is -2.36. The summed E-state index contributed by atoms with van der Waals surface area (Å²) in [5.74, 6) is 0.870. The molecule has 0 bridgehead atoms. The summed E-state index contributed by atoms with van der Waals surface area (Å²) in [6.07, 6.45) is 2.59. The van der Waals surface area contributed by atoms with Gasteiger partial charge in [-0.15, -0.1) is 0 Å². The van der Waals surface area contributed by atoms with Gasteiger partial charge in [0, 0.05) is 49.3 Å². The van der Waals surface area contributed by atoms with Crippen LogP contribution in [-0.4, -0.2) is 66.3 Å². The fraction of sp³-hybridized carbons (Fsp3) is 0.367. The van der Waals surface area contributed by atoms with Crippen molar-refractivity contribution in [2.75, 3.05) is 54.5 Å². The van der Waals surface area contributed by atoms with Crippen LogP contribution in [0.25, 0.3) is 22.3 Å². The third kappa shape index (κ3) is 5.07. The number of aromatic nitrogens is 3. The molecule has 0 aliphatic carbocycles. The number of carbonyl (C=O) groups excluding carboxylic acids is 1. The van der Waals surface area contributed by atoms with Crippen LogP contribution in [0.3, 0.4) is 0 Å². The fourth-order valence-electron chi connectivity index (χ4n) is 5.37. The van der Waals surface area contributed by atoms with E-state index in [1.54, 1.807) is 6.33 Å². The molecule has 9 heteroatoms. The molecule has 2 aliphatic heterocycles. The van der Waals surface area contributed by atoms with Gasteiger partial charge < -0.3 is 30.6 Å². The molecule has 39 heavy (non-hydrogen) atoms. The van der Waals surface area contributed by atoms with Crippen molar-refractivity contribution in [3.05, 3.63) is 66.5 Å². The standard InChI is InChI=1S/C30H35N7O2/c1-30(2,21-4-3-5-24(16-21)37-11-10-22(31)18-37)29(38)34-23-8-6-20(7-9-23)26-17-25-27(35-26)32-19-33-28(25)36-12-14-39-15-13-36/h3-9,16-17,19,22H,10-15,18,31H2,1-2H3,(H,34,38)(H,32,33,35)/t22-/m0/s1. The number of amides is 1. The van der Waals surface area contributed by atoms with Gasteiger partial charge in [0.05, 0.1) is 24.0 Å². The molecular weight excluding hydrogens is 490 g/mol. The van der Waals surface area contributed by atoms with E-state index in [4.69, 9.17) is 10.5 Å². The molecule has 0 spiro atoms. The molecule has 2 aromatic carbocycles. The van der Waals surface area contributed by atoms with Gasteiger partial charge in [-0.05, 0) is 61.7 Å². The van der Waals surface area contributed by atoms with Gasteiger partial charge in [0.25, 0.3) is 0 Å². The Hall–Kier alpha value is -3.95. The van der Waals surface area contributed by atoms with Crippen molar-refractivity contribution >= 4 is 34.1 Å². The first-order valence-corrected chi connectivity index (χ1v) is 13.6. The number of ether oxygens (including phenoxy) is 1. The molecule has 9 nitrogen and oxygen atoms in total. The van der Waals surface area contributed by atoms with E-state index in [0.29, 0.717) is 13.2 Å². The lowest BCUT2D eigenvalue weighted by molar-refractivity contribution is -0.120. The van der Waals surface area contributed by atoms with Crippen LogP contribution >= 0.6 is 0 Å². The Morgan fingerprint density at radius 3 is 2.59 bits per heavy atom. The number of hydrogen-bond donors (Lipinski definition) is 3. The maximum absolute atomic E-state index is 13.4. The second-order valence-electron chi connectivity index (χ2n) is 10.9. The molecule has 1 atom stereocenters. The first kappa shape index (κ1) is 25.3. The van der Waals surface area contributed by atoms with E-state index in [9.17, 15) is 4.79 Å². The van der Waals surface area contributed by atoms with E-state index in [2.05, 4.69) is 48.3 Å². The molecule has 4 aromatic rings. The minimum Gasteiger partial charge on any atom is -0.378 e. The monoisotopic (exact) mass is 525 g/mol. The molecule has 2 aliphatic rings. The Bertz CT molecular complexity index is 1470. The average molecular weight is 526 g/mol. The van der Waals surface area contributed by atoms with Gasteiger partial charge in [-0.25, -0.2) is 9.97 Å². The van der Waals surface area contributed by atoms with Gasteiger partial charge in [-0.3, -0.25) is 4.79 Å². The molecule has 2 saturated heterocycles. The van der Waals surface area contributed by atoms with E-state index in [1.165, 1.54) is 0 Å². The Morgan fingerprint density at radius 2 is 1.85 bits per heavy atom. The second kappa shape index (κ2) is 10.3. The quantitative estimate of drug-likeness (QED) is 0.350. The molecule has 0 unspecified atom stereocenters. The number of hydrogen-bond acceptors (Lipinski definition) is 7. The third-order valence-corrected chi connectivity index (χ3v) is 7.89. The normalized spacial score (nSPS) is 18.1. The van der Waals surface area contributed by atoms with Gasteiger partial charge in [-0.1, -0.05) is 24.3 Å². The number of rotatable bonds is 6. The molecule has 4 N–H and O–H groups in total. The van der Waals surface area contributed by atoms with Gasteiger partial charge in [0.15, 0.2) is 0 Å². The number of anilines is 3. The number of fused-ring (bicyclic) bond motifs is 1. The van der Waals surface area contributed by atoms with Crippen molar-refractivity contribution in [2.45, 2.75) is 31.7 Å². The molecule has 2 aromatic heterocycles. The predicted octanol–water partition coefficient (Wildman–Crippen LogP) is 3.92. The van der Waals surface area contributed by atoms with Gasteiger partial charge >= 0.3 is 0 Å². The number of nitrogens with two attached hydrogens (primary N) is 1. The van der Waals surface area contributed by atoms with Crippen LogP contribution in [0.2, 0.25) is 0 Å². The number of aromatic amines is 1. The number of carbonyl (C=O) groups is 1. The molecule has 1 amide bonds. The highest BCUT2D eigenvalue weighted by Crippen LogP contribution is 2.32. The van der Waals surface area contributed by atoms with Crippen LogP contribution in [0.4, 0.5) is 17.2 Å². The van der Waals surface area contributed by atoms with Gasteiger partial charge in [0.2, 0.25) is 5.91 Å². The van der Waals surface area contributed by atoms with E-state index in [1.807, 2.05) is 50.2 Å². The summed E-state index contributed by atoms with van der Waals surface area (Å²) in [5, 5.41) is 4.10. The van der Waals surface area contributed by atoms with Crippen LogP contribution in [0.5, 0.6) is 0 Å². The van der Waals surface area contributed by atoms with Crippen molar-refractivity contribution in [2.24, 2.45) is 5.73 Å². The summed E-state index contributed by atoms with van der Waals surface area (Å²) in [4.78, 5) is 30.3. The Balaban J connectivity index is 1.18. The number of morpholine rings is 1. The number of nitrogens with zero attached hydrogens (tertiary/aromatic N) is 4. The summed E-state index contributed by atoms with van der Waals surface area (Å²) in [6, 6.07) is 18.4. The van der Waals surface area contributed by atoms with Crippen molar-refractivity contribution in [3.63, 3.8) is 0 Å². The van der Waals surface area contributed by atoms with Crippen LogP contribution in [0.15, 0.2) is 60.9 Å². The Labute approximate surface area is 228 Å². The van der Waals surface area contributed by atoms with Crippen LogP contribution in [0.1, 0.15) is 25.8 Å². The Morgan fingerprint density at radius 1 is 1.05 bits per heavy atom. The highest BCUT2D eigenvalue weighted by Gasteiger charge is 2.31. The summed E-state index contributed by atoms with van der Waals surface area (Å²) in [5.41, 5.74) is 11.0.